The van der Waals surface area contributed by atoms with Gasteiger partial charge in [0.2, 0.25) is 11.5 Å². The topological polar surface area (TPSA) is 62.4 Å². The molecule has 1 fully saturated rings. The minimum absolute atomic E-state index is 0.113. The van der Waals surface area contributed by atoms with Gasteiger partial charge in [0.05, 0.1) is 6.61 Å². The molecule has 0 unspecified atom stereocenters. The van der Waals surface area contributed by atoms with Crippen molar-refractivity contribution in [3.05, 3.63) is 76.6 Å². The third kappa shape index (κ3) is 4.86. The first kappa shape index (κ1) is 19.2. The predicted molar refractivity (Wildman–Crippen MR) is 114 cm³/mol. The highest BCUT2D eigenvalue weighted by Gasteiger charge is 2.23. The minimum atomic E-state index is -0.113. The van der Waals surface area contributed by atoms with Crippen molar-refractivity contribution in [1.29, 1.82) is 0 Å². The molecule has 5 heteroatoms. The average Bonchev–Trinajstić information content (AvgIpc) is 2.77. The predicted octanol–water partition coefficient (Wildman–Crippen LogP) is 4.09. The lowest BCUT2D eigenvalue weighted by molar-refractivity contribution is -0.132. The van der Waals surface area contributed by atoms with Crippen LogP contribution < -0.4 is 10.3 Å². The molecule has 150 valence electrons. The van der Waals surface area contributed by atoms with E-state index < -0.39 is 0 Å². The van der Waals surface area contributed by atoms with Crippen LogP contribution in [0.1, 0.15) is 37.2 Å². The number of likely N-dealkylation sites (tertiary alicyclic amines) is 1. The Morgan fingerprint density at radius 3 is 2.62 bits per heavy atom. The summed E-state index contributed by atoms with van der Waals surface area (Å²) < 4.78 is 5.79. The van der Waals surface area contributed by atoms with Crippen LogP contribution in [0.5, 0.6) is 5.75 Å². The van der Waals surface area contributed by atoms with Crippen molar-refractivity contribution in [2.75, 3.05) is 19.7 Å². The van der Waals surface area contributed by atoms with Crippen LogP contribution in [-0.2, 0) is 4.79 Å². The number of amides is 1. The Morgan fingerprint density at radius 1 is 1.03 bits per heavy atom. The van der Waals surface area contributed by atoms with Gasteiger partial charge in [-0.1, -0.05) is 30.3 Å². The molecule has 5 nitrogen and oxygen atoms in total. The molecular formula is C24H26N2O3. The van der Waals surface area contributed by atoms with Gasteiger partial charge in [0.15, 0.2) is 0 Å². The number of nitrogens with zero attached hydrogens (tertiary/aromatic N) is 1. The van der Waals surface area contributed by atoms with Crippen molar-refractivity contribution < 1.29 is 9.53 Å². The second-order valence-electron chi connectivity index (χ2n) is 7.59. The van der Waals surface area contributed by atoms with E-state index in [9.17, 15) is 9.59 Å². The normalized spacial score (nSPS) is 14.8. The largest absolute Gasteiger partial charge is 0.494 e. The number of benzene rings is 2. The summed E-state index contributed by atoms with van der Waals surface area (Å²) in [4.78, 5) is 28.6. The third-order valence-corrected chi connectivity index (χ3v) is 5.62. The molecule has 1 amide bonds. The van der Waals surface area contributed by atoms with Crippen molar-refractivity contribution in [2.24, 2.45) is 0 Å². The number of fused-ring (bicyclic) bond motifs is 1. The van der Waals surface area contributed by atoms with Crippen LogP contribution in [0.25, 0.3) is 10.9 Å². The van der Waals surface area contributed by atoms with Crippen molar-refractivity contribution >= 4 is 16.8 Å². The van der Waals surface area contributed by atoms with Gasteiger partial charge in [0.25, 0.3) is 0 Å². The van der Waals surface area contributed by atoms with E-state index in [4.69, 9.17) is 4.74 Å². The van der Waals surface area contributed by atoms with Crippen molar-refractivity contribution in [1.82, 2.24) is 9.88 Å². The third-order valence-electron chi connectivity index (χ3n) is 5.62. The lowest BCUT2D eigenvalue weighted by Crippen LogP contribution is -2.37. The van der Waals surface area contributed by atoms with Crippen LogP contribution in [0.3, 0.4) is 0 Å². The Bertz CT molecular complexity index is 1020. The van der Waals surface area contributed by atoms with E-state index in [0.29, 0.717) is 25.4 Å². The van der Waals surface area contributed by atoms with E-state index in [-0.39, 0.29) is 11.5 Å². The molecule has 0 radical (unpaired) electrons. The first-order chi connectivity index (χ1) is 14.2. The number of piperidine rings is 1. The molecule has 1 saturated heterocycles. The first-order valence-corrected chi connectivity index (χ1v) is 10.3. The summed E-state index contributed by atoms with van der Waals surface area (Å²) in [6.45, 7) is 2.17. The van der Waals surface area contributed by atoms with Gasteiger partial charge in [-0.05, 0) is 55.0 Å². The molecule has 3 aromatic rings. The number of ether oxygens (including phenoxy) is 1. The van der Waals surface area contributed by atoms with Crippen LogP contribution in [0.15, 0.2) is 65.5 Å². The molecule has 1 aliphatic heterocycles. The molecule has 1 aromatic heterocycles. The Labute approximate surface area is 170 Å². The second-order valence-corrected chi connectivity index (χ2v) is 7.59. The van der Waals surface area contributed by atoms with Crippen LogP contribution in [-0.4, -0.2) is 35.5 Å². The summed E-state index contributed by atoms with van der Waals surface area (Å²) in [6, 6.07) is 19.5. The number of H-pyrrole nitrogens is 1. The maximum atomic E-state index is 12.5. The zero-order valence-electron chi connectivity index (χ0n) is 16.5. The van der Waals surface area contributed by atoms with Crippen LogP contribution in [0, 0.1) is 0 Å². The summed E-state index contributed by atoms with van der Waals surface area (Å²) in [5.74, 6) is 1.53. The summed E-state index contributed by atoms with van der Waals surface area (Å²) >= 11 is 0. The van der Waals surface area contributed by atoms with Crippen LogP contribution in [0.2, 0.25) is 0 Å². The summed E-state index contributed by atoms with van der Waals surface area (Å²) in [6.07, 6.45) is 3.27. The van der Waals surface area contributed by atoms with Gasteiger partial charge in [-0.25, -0.2) is 0 Å². The molecule has 0 atom stereocenters. The first-order valence-electron chi connectivity index (χ1n) is 10.3. The second kappa shape index (κ2) is 8.95. The monoisotopic (exact) mass is 390 g/mol. The van der Waals surface area contributed by atoms with Crippen molar-refractivity contribution in [3.8, 4) is 5.75 Å². The van der Waals surface area contributed by atoms with Gasteiger partial charge < -0.3 is 14.6 Å². The summed E-state index contributed by atoms with van der Waals surface area (Å²) in [5, 5.41) is 0.930. The van der Waals surface area contributed by atoms with Crippen LogP contribution in [0.4, 0.5) is 0 Å². The number of carbonyl (C=O) groups excluding carboxylic acids is 1. The summed E-state index contributed by atoms with van der Waals surface area (Å²) in [5.41, 5.74) is 2.06. The van der Waals surface area contributed by atoms with Crippen LogP contribution >= 0.6 is 0 Å². The highest BCUT2D eigenvalue weighted by Crippen LogP contribution is 2.28. The molecule has 2 aromatic carbocycles. The Morgan fingerprint density at radius 2 is 1.83 bits per heavy atom. The van der Waals surface area contributed by atoms with Crippen molar-refractivity contribution in [3.63, 3.8) is 0 Å². The number of nitrogens with one attached hydrogen (secondary N) is 1. The highest BCUT2D eigenvalue weighted by atomic mass is 16.5. The zero-order valence-corrected chi connectivity index (χ0v) is 16.5. The lowest BCUT2D eigenvalue weighted by atomic mass is 9.89. The van der Waals surface area contributed by atoms with Gasteiger partial charge in [0, 0.05) is 36.5 Å². The smallest absolute Gasteiger partial charge is 0.248 e. The van der Waals surface area contributed by atoms with Gasteiger partial charge in [-0.2, -0.15) is 0 Å². The molecule has 4 rings (SSSR count). The molecule has 29 heavy (non-hydrogen) atoms. The minimum Gasteiger partial charge on any atom is -0.494 e. The van der Waals surface area contributed by atoms with E-state index in [1.807, 2.05) is 29.2 Å². The molecule has 1 N–H and O–H groups in total. The number of aromatic nitrogens is 1. The van der Waals surface area contributed by atoms with E-state index in [1.54, 1.807) is 6.07 Å². The number of carbonyl (C=O) groups is 1. The molecule has 0 spiro atoms. The molecule has 0 saturated carbocycles. The van der Waals surface area contributed by atoms with E-state index in [0.717, 1.165) is 42.6 Å². The zero-order chi connectivity index (χ0) is 20.1. The molecule has 0 bridgehead atoms. The summed E-state index contributed by atoms with van der Waals surface area (Å²) in [7, 11) is 0. The van der Waals surface area contributed by atoms with Gasteiger partial charge in [-0.3, -0.25) is 9.59 Å². The maximum Gasteiger partial charge on any atom is 0.248 e. The van der Waals surface area contributed by atoms with E-state index in [1.165, 1.54) is 11.6 Å². The Kier molecular flexibility index (Phi) is 5.94. The number of hydrogen-bond donors (Lipinski definition) is 1. The van der Waals surface area contributed by atoms with Gasteiger partial charge in [0.1, 0.15) is 5.75 Å². The molecule has 2 heterocycles. The highest BCUT2D eigenvalue weighted by molar-refractivity contribution is 5.79. The SMILES string of the molecule is O=C(CCCOc1ccc2[nH]c(=O)ccc2c1)N1CCC(c2ccccc2)CC1. The fraction of sp³-hybridized carbons (Fsp3) is 0.333. The maximum absolute atomic E-state index is 12.5. The number of hydrogen-bond acceptors (Lipinski definition) is 3. The molecule has 1 aliphatic rings. The number of rotatable bonds is 6. The van der Waals surface area contributed by atoms with E-state index in [2.05, 4.69) is 29.2 Å². The fourth-order valence-corrected chi connectivity index (χ4v) is 3.98. The average molecular weight is 390 g/mol. The molecular weight excluding hydrogens is 364 g/mol. The van der Waals surface area contributed by atoms with Crippen molar-refractivity contribution in [2.45, 2.75) is 31.6 Å². The van der Waals surface area contributed by atoms with Gasteiger partial charge in [-0.15, -0.1) is 0 Å². The molecule has 0 aliphatic carbocycles. The quantitative estimate of drug-likeness (QED) is 0.645. The lowest BCUT2D eigenvalue weighted by Gasteiger charge is -2.32. The number of pyridine rings is 1. The fourth-order valence-electron chi connectivity index (χ4n) is 3.98. The Hall–Kier alpha value is -3.08. The number of aromatic amines is 1. The van der Waals surface area contributed by atoms with E-state index >= 15 is 0 Å². The standard InChI is InChI=1S/C24H26N2O3/c27-23-11-8-20-17-21(9-10-22(20)25-23)29-16-4-7-24(28)26-14-12-19(13-15-26)18-5-2-1-3-6-18/h1-3,5-6,8-11,17,19H,4,7,12-16H2,(H,25,27). The van der Waals surface area contributed by atoms with Gasteiger partial charge >= 0.3 is 0 Å². The Balaban J connectivity index is 1.20.